The molecule has 0 aliphatic carbocycles. The fraction of sp³-hybridized carbons (Fsp3) is 0.421. The molecule has 174 valence electrons. The van der Waals surface area contributed by atoms with E-state index in [-0.39, 0.29) is 28.8 Å². The van der Waals surface area contributed by atoms with E-state index < -0.39 is 47.2 Å². The maximum atomic E-state index is 14.9. The number of anilines is 1. The van der Waals surface area contributed by atoms with Gasteiger partial charge in [0, 0.05) is 37.9 Å². The predicted octanol–water partition coefficient (Wildman–Crippen LogP) is -0.395. The highest BCUT2D eigenvalue weighted by atomic mass is 19.1. The van der Waals surface area contributed by atoms with Crippen molar-refractivity contribution in [1.82, 2.24) is 15.3 Å². The number of H-pyrrole nitrogens is 1. The van der Waals surface area contributed by atoms with Crippen molar-refractivity contribution in [3.8, 4) is 0 Å². The van der Waals surface area contributed by atoms with E-state index in [1.54, 1.807) is 6.92 Å². The van der Waals surface area contributed by atoms with Gasteiger partial charge in [-0.2, -0.15) is 0 Å². The molecule has 1 aliphatic rings. The van der Waals surface area contributed by atoms with Crippen molar-refractivity contribution in [3.05, 3.63) is 33.4 Å². The largest absolute Gasteiger partial charge is 0.481 e. The van der Waals surface area contributed by atoms with Crippen molar-refractivity contribution in [2.24, 2.45) is 5.73 Å². The van der Waals surface area contributed by atoms with Crippen LogP contribution in [0.25, 0.3) is 11.0 Å². The van der Waals surface area contributed by atoms with Gasteiger partial charge in [0.25, 0.3) is 0 Å². The van der Waals surface area contributed by atoms with Crippen LogP contribution < -0.4 is 21.4 Å². The normalized spacial score (nSPS) is 14.4. The summed E-state index contributed by atoms with van der Waals surface area (Å²) < 4.78 is 14.9. The Labute approximate surface area is 180 Å². The first kappa shape index (κ1) is 24.7. The lowest BCUT2D eigenvalue weighted by Gasteiger charge is -2.29. The Bertz CT molecular complexity index is 1080. The fourth-order valence-electron chi connectivity index (χ4n) is 3.14. The number of aromatic amines is 1. The minimum Gasteiger partial charge on any atom is -0.481 e. The number of pyridine rings is 2. The summed E-state index contributed by atoms with van der Waals surface area (Å²) in [7, 11) is 0. The van der Waals surface area contributed by atoms with E-state index in [1.165, 1.54) is 0 Å². The number of nitrogens with two attached hydrogens (primary N) is 1. The van der Waals surface area contributed by atoms with Gasteiger partial charge in [0.05, 0.1) is 11.8 Å². The van der Waals surface area contributed by atoms with Crippen LogP contribution in [0.3, 0.4) is 0 Å². The second-order valence-electron chi connectivity index (χ2n) is 6.92. The van der Waals surface area contributed by atoms with Gasteiger partial charge in [-0.15, -0.1) is 0 Å². The van der Waals surface area contributed by atoms with Gasteiger partial charge in [0.2, 0.25) is 5.43 Å². The first-order chi connectivity index (χ1) is 15.1. The van der Waals surface area contributed by atoms with Crippen molar-refractivity contribution in [2.45, 2.75) is 25.8 Å². The highest BCUT2D eigenvalue weighted by Gasteiger charge is 2.24. The molecule has 1 aliphatic heterocycles. The van der Waals surface area contributed by atoms with Crippen LogP contribution in [0.2, 0.25) is 0 Å². The number of piperazine rings is 1. The molecule has 13 heteroatoms. The molecule has 0 radical (unpaired) electrons. The number of halogens is 1. The number of hydrogen-bond acceptors (Lipinski definition) is 8. The predicted molar refractivity (Wildman–Crippen MR) is 112 cm³/mol. The topological polar surface area (TPSA) is 199 Å². The highest BCUT2D eigenvalue weighted by Crippen LogP contribution is 2.26. The number of nitrogens with zero attached hydrogens (tertiary/aromatic N) is 2. The average molecular weight is 453 g/mol. The van der Waals surface area contributed by atoms with Crippen LogP contribution in [-0.4, -0.2) is 75.4 Å². The Balaban J connectivity index is 0.000000344. The van der Waals surface area contributed by atoms with Crippen molar-refractivity contribution in [1.29, 1.82) is 0 Å². The Morgan fingerprint density at radius 2 is 1.88 bits per heavy atom. The lowest BCUT2D eigenvalue weighted by molar-refractivity contribution is -0.144. The monoisotopic (exact) mass is 453 g/mol. The molecule has 0 unspecified atom stereocenters. The van der Waals surface area contributed by atoms with E-state index in [1.807, 2.05) is 4.90 Å². The van der Waals surface area contributed by atoms with E-state index in [4.69, 9.17) is 21.1 Å². The van der Waals surface area contributed by atoms with E-state index in [0.29, 0.717) is 13.1 Å². The molecule has 0 amide bonds. The Morgan fingerprint density at radius 1 is 1.25 bits per heavy atom. The maximum absolute atomic E-state index is 14.9. The first-order valence-corrected chi connectivity index (χ1v) is 9.71. The van der Waals surface area contributed by atoms with Gasteiger partial charge in [-0.1, -0.05) is 6.92 Å². The van der Waals surface area contributed by atoms with Crippen molar-refractivity contribution < 1.29 is 34.1 Å². The number of aryl methyl sites for hydroxylation is 1. The SMILES string of the molecule is CCc1c(F)c(N2CCNCC2)nc2[nH]cc(C(=O)O)c(=O)c12.N[C@@H](CC(=O)O)C(=O)O. The van der Waals surface area contributed by atoms with Crippen LogP contribution in [0.1, 0.15) is 29.3 Å². The third-order valence-electron chi connectivity index (χ3n) is 4.75. The van der Waals surface area contributed by atoms with Gasteiger partial charge in [-0.05, 0) is 6.42 Å². The number of carbonyl (C=O) groups is 3. The molecule has 0 saturated carbocycles. The summed E-state index contributed by atoms with van der Waals surface area (Å²) in [6.07, 6.45) is 0.852. The summed E-state index contributed by atoms with van der Waals surface area (Å²) >= 11 is 0. The minimum atomic E-state index is -1.35. The van der Waals surface area contributed by atoms with Gasteiger partial charge < -0.3 is 36.3 Å². The summed E-state index contributed by atoms with van der Waals surface area (Å²) in [5.74, 6) is -4.19. The average Bonchev–Trinajstić information content (AvgIpc) is 2.74. The lowest BCUT2D eigenvalue weighted by atomic mass is 10.1. The Hall–Kier alpha value is -3.58. The molecule has 0 aromatic carbocycles. The standard InChI is InChI=1S/C15H17FN4O3.C4H7NO4/c1-2-8-10-12(21)9(15(22)23)7-18-13(10)19-14(11(8)16)20-5-3-17-4-6-20;5-2(4(8)9)1-3(6)7/h7,17H,2-6H2,1H3,(H,22,23)(H,18,19,21);2H,1,5H2,(H,6,7)(H,8,9)/t;2-/m.0/s1. The van der Waals surface area contributed by atoms with Crippen LogP contribution in [0.15, 0.2) is 11.0 Å². The van der Waals surface area contributed by atoms with Crippen molar-refractivity contribution in [2.75, 3.05) is 31.1 Å². The Morgan fingerprint density at radius 3 is 2.34 bits per heavy atom. The maximum Gasteiger partial charge on any atom is 0.341 e. The van der Waals surface area contributed by atoms with Crippen LogP contribution in [-0.2, 0) is 16.0 Å². The Kier molecular flexibility index (Phi) is 8.21. The first-order valence-electron chi connectivity index (χ1n) is 9.71. The van der Waals surface area contributed by atoms with Gasteiger partial charge in [0.1, 0.15) is 17.3 Å². The minimum absolute atomic E-state index is 0.0174. The number of carboxylic acids is 3. The number of rotatable bonds is 6. The molecular weight excluding hydrogens is 429 g/mol. The van der Waals surface area contributed by atoms with Crippen LogP contribution in [0.5, 0.6) is 0 Å². The second kappa shape index (κ2) is 10.6. The molecule has 0 bridgehead atoms. The zero-order valence-corrected chi connectivity index (χ0v) is 17.2. The molecule has 1 saturated heterocycles. The summed E-state index contributed by atoms with van der Waals surface area (Å²) in [5, 5.41) is 28.3. The number of hydrogen-bond donors (Lipinski definition) is 6. The van der Waals surface area contributed by atoms with Crippen LogP contribution in [0.4, 0.5) is 10.2 Å². The summed E-state index contributed by atoms with van der Waals surface area (Å²) in [6.45, 7) is 4.43. The number of aliphatic carboxylic acids is 2. The van der Waals surface area contributed by atoms with E-state index >= 15 is 0 Å². The highest BCUT2D eigenvalue weighted by molar-refractivity contribution is 5.93. The molecule has 1 atom stereocenters. The van der Waals surface area contributed by atoms with Gasteiger partial charge >= 0.3 is 17.9 Å². The molecule has 2 aromatic heterocycles. The van der Waals surface area contributed by atoms with E-state index in [2.05, 4.69) is 15.3 Å². The van der Waals surface area contributed by atoms with Gasteiger partial charge in [0.15, 0.2) is 11.6 Å². The number of aromatic nitrogens is 2. The molecular formula is C19H24FN5O7. The lowest BCUT2D eigenvalue weighted by Crippen LogP contribution is -2.44. The smallest absolute Gasteiger partial charge is 0.341 e. The quantitative estimate of drug-likeness (QED) is 0.333. The molecule has 3 rings (SSSR count). The van der Waals surface area contributed by atoms with Gasteiger partial charge in [-0.25, -0.2) is 14.2 Å². The molecule has 12 nitrogen and oxygen atoms in total. The third-order valence-corrected chi connectivity index (χ3v) is 4.75. The molecule has 32 heavy (non-hydrogen) atoms. The zero-order valence-electron chi connectivity index (χ0n) is 17.2. The summed E-state index contributed by atoms with van der Waals surface area (Å²) in [4.78, 5) is 51.9. The molecule has 2 aromatic rings. The number of fused-ring (bicyclic) bond motifs is 1. The molecule has 7 N–H and O–H groups in total. The summed E-state index contributed by atoms with van der Waals surface area (Å²) in [6, 6.07) is -1.29. The zero-order chi connectivity index (χ0) is 24.0. The summed E-state index contributed by atoms with van der Waals surface area (Å²) in [5.41, 5.74) is 4.13. The molecule has 1 fully saturated rings. The van der Waals surface area contributed by atoms with Crippen LogP contribution in [0, 0.1) is 5.82 Å². The molecule has 0 spiro atoms. The molecule has 3 heterocycles. The van der Waals surface area contributed by atoms with Gasteiger partial charge in [-0.3, -0.25) is 14.4 Å². The van der Waals surface area contributed by atoms with E-state index in [0.717, 1.165) is 19.3 Å². The van der Waals surface area contributed by atoms with Crippen molar-refractivity contribution in [3.63, 3.8) is 0 Å². The number of carboxylic acid groups (broad SMARTS) is 3. The second-order valence-corrected chi connectivity index (χ2v) is 6.92. The fourth-order valence-corrected chi connectivity index (χ4v) is 3.14. The van der Waals surface area contributed by atoms with E-state index in [9.17, 15) is 23.6 Å². The van der Waals surface area contributed by atoms with Crippen molar-refractivity contribution >= 4 is 34.8 Å². The third kappa shape index (κ3) is 5.56. The number of aromatic carboxylic acids is 1. The van der Waals surface area contributed by atoms with Crippen LogP contribution >= 0.6 is 0 Å². The number of nitrogens with one attached hydrogen (secondary N) is 2.